The maximum atomic E-state index is 13.2. The van der Waals surface area contributed by atoms with Crippen molar-refractivity contribution in [2.45, 2.75) is 37.6 Å². The topological polar surface area (TPSA) is 100 Å². The number of benzene rings is 2. The van der Waals surface area contributed by atoms with Gasteiger partial charge in [0.15, 0.2) is 0 Å². The van der Waals surface area contributed by atoms with Gasteiger partial charge in [0.2, 0.25) is 5.91 Å². The van der Waals surface area contributed by atoms with Gasteiger partial charge in [0.25, 0.3) is 10.0 Å². The summed E-state index contributed by atoms with van der Waals surface area (Å²) in [7, 11) is -3.66. The van der Waals surface area contributed by atoms with Crippen molar-refractivity contribution in [3.63, 3.8) is 0 Å². The Hall–Kier alpha value is -2.75. The number of amides is 1. The van der Waals surface area contributed by atoms with E-state index >= 15 is 0 Å². The van der Waals surface area contributed by atoms with E-state index in [4.69, 9.17) is 4.74 Å². The van der Waals surface area contributed by atoms with Gasteiger partial charge in [-0.3, -0.25) is 19.4 Å². The Morgan fingerprint density at radius 1 is 1.15 bits per heavy atom. The van der Waals surface area contributed by atoms with Crippen molar-refractivity contribution in [3.8, 4) is 0 Å². The maximum absolute atomic E-state index is 13.2. The van der Waals surface area contributed by atoms with E-state index in [-0.39, 0.29) is 22.6 Å². The van der Waals surface area contributed by atoms with Gasteiger partial charge in [-0.1, -0.05) is 44.5 Å². The molecule has 0 unspecified atom stereocenters. The van der Waals surface area contributed by atoms with Gasteiger partial charge in [-0.15, -0.1) is 0 Å². The van der Waals surface area contributed by atoms with E-state index in [0.717, 1.165) is 45.7 Å². The minimum absolute atomic E-state index is 0.0717. The molecule has 0 aromatic heterocycles. The minimum Gasteiger partial charge on any atom is -0.379 e. The molecule has 9 heteroatoms. The van der Waals surface area contributed by atoms with Gasteiger partial charge in [-0.2, -0.15) is 0 Å². The van der Waals surface area contributed by atoms with Crippen molar-refractivity contribution in [1.82, 2.24) is 9.62 Å². The summed E-state index contributed by atoms with van der Waals surface area (Å²) < 4.78 is 32.8. The summed E-state index contributed by atoms with van der Waals surface area (Å²) in [5, 5.41) is 2.96. The van der Waals surface area contributed by atoms with Crippen LogP contribution in [-0.2, 0) is 26.0 Å². The van der Waals surface area contributed by atoms with Gasteiger partial charge in [0.05, 0.1) is 18.1 Å². The second-order valence-electron chi connectivity index (χ2n) is 8.80. The number of hydrogen-bond donors (Lipinski definition) is 2. The number of carbonyl (C=O) groups excluding carboxylic acids is 1. The number of anilines is 1. The lowest BCUT2D eigenvalue weighted by Gasteiger charge is -2.26. The van der Waals surface area contributed by atoms with Crippen molar-refractivity contribution < 1.29 is 17.9 Å². The first-order chi connectivity index (χ1) is 16.4. The number of hydrogen-bond acceptors (Lipinski definition) is 6. The monoisotopic (exact) mass is 484 g/mol. The van der Waals surface area contributed by atoms with Crippen LogP contribution in [0.1, 0.15) is 31.4 Å². The van der Waals surface area contributed by atoms with Gasteiger partial charge in [-0.05, 0) is 42.2 Å². The first-order valence-corrected chi connectivity index (χ1v) is 13.3. The summed E-state index contributed by atoms with van der Waals surface area (Å²) in [6.45, 7) is 8.43. The molecule has 4 rings (SSSR count). The highest BCUT2D eigenvalue weighted by Gasteiger charge is 2.33. The fourth-order valence-corrected chi connectivity index (χ4v) is 5.36. The van der Waals surface area contributed by atoms with Crippen molar-refractivity contribution >= 4 is 27.5 Å². The molecule has 2 aliphatic heterocycles. The molecular weight excluding hydrogens is 452 g/mol. The first-order valence-electron chi connectivity index (χ1n) is 11.8. The van der Waals surface area contributed by atoms with Crippen LogP contribution in [0.15, 0.2) is 58.4 Å². The van der Waals surface area contributed by atoms with Crippen molar-refractivity contribution in [1.29, 1.82) is 0 Å². The number of nitrogens with one attached hydrogen (secondary N) is 2. The first kappa shape index (κ1) is 24.4. The highest BCUT2D eigenvalue weighted by atomic mass is 32.2. The number of aliphatic imine (C=N–C) groups is 1. The largest absolute Gasteiger partial charge is 0.379 e. The summed E-state index contributed by atoms with van der Waals surface area (Å²) in [5.74, 6) is -0.112. The van der Waals surface area contributed by atoms with Crippen LogP contribution in [0.2, 0.25) is 0 Å². The van der Waals surface area contributed by atoms with E-state index in [1.165, 1.54) is 5.56 Å². The summed E-state index contributed by atoms with van der Waals surface area (Å²) in [5.41, 5.74) is 2.40. The molecule has 0 radical (unpaired) electrons. The zero-order valence-corrected chi connectivity index (χ0v) is 20.5. The number of sulfonamides is 1. The Labute approximate surface area is 201 Å². The molecule has 2 N–H and O–H groups in total. The summed E-state index contributed by atoms with van der Waals surface area (Å²) in [4.78, 5) is 20.3. The molecule has 2 aromatic rings. The van der Waals surface area contributed by atoms with E-state index in [2.05, 4.69) is 19.9 Å². The molecule has 1 fully saturated rings. The molecule has 2 aliphatic rings. The molecule has 1 saturated heterocycles. The molecular formula is C25H32N4O4S. The molecule has 2 aromatic carbocycles. The highest BCUT2D eigenvalue weighted by molar-refractivity contribution is 7.90. The lowest BCUT2D eigenvalue weighted by molar-refractivity contribution is -0.118. The number of rotatable bonds is 8. The summed E-state index contributed by atoms with van der Waals surface area (Å²) in [6.07, 6.45) is 1.67. The predicted molar refractivity (Wildman–Crippen MR) is 133 cm³/mol. The lowest BCUT2D eigenvalue weighted by Crippen LogP contribution is -2.37. The number of carbonyl (C=O) groups is 1. The normalized spacial score (nSPS) is 20.4. The number of morpholine rings is 1. The van der Waals surface area contributed by atoms with Gasteiger partial charge in [0.1, 0.15) is 11.9 Å². The zero-order chi connectivity index (χ0) is 24.1. The van der Waals surface area contributed by atoms with Crippen LogP contribution in [0.4, 0.5) is 5.69 Å². The van der Waals surface area contributed by atoms with E-state index < -0.39 is 16.1 Å². The molecule has 2 heterocycles. The van der Waals surface area contributed by atoms with Crippen LogP contribution in [0.25, 0.3) is 0 Å². The quantitative estimate of drug-likeness (QED) is 0.600. The average molecular weight is 485 g/mol. The van der Waals surface area contributed by atoms with Crippen LogP contribution < -0.4 is 10.0 Å². The van der Waals surface area contributed by atoms with Crippen LogP contribution in [-0.4, -0.2) is 64.0 Å². The van der Waals surface area contributed by atoms with Crippen LogP contribution in [0.3, 0.4) is 0 Å². The van der Waals surface area contributed by atoms with Crippen LogP contribution >= 0.6 is 0 Å². The fourth-order valence-electron chi connectivity index (χ4n) is 4.12. The Morgan fingerprint density at radius 2 is 1.85 bits per heavy atom. The average Bonchev–Trinajstić information content (AvgIpc) is 3.12. The van der Waals surface area contributed by atoms with Crippen molar-refractivity contribution in [3.05, 3.63) is 59.7 Å². The third-order valence-electron chi connectivity index (χ3n) is 6.42. The smallest absolute Gasteiger partial charge is 0.263 e. The Bertz CT molecular complexity index is 1140. The molecule has 182 valence electrons. The van der Waals surface area contributed by atoms with Gasteiger partial charge >= 0.3 is 0 Å². The fraction of sp³-hybridized carbons (Fsp3) is 0.440. The number of fused-ring (bicyclic) bond motifs is 1. The molecule has 1 amide bonds. The van der Waals surface area contributed by atoms with Crippen LogP contribution in [0, 0.1) is 5.92 Å². The zero-order valence-electron chi connectivity index (χ0n) is 19.7. The van der Waals surface area contributed by atoms with E-state index in [0.29, 0.717) is 11.3 Å². The number of nitrogens with zero attached hydrogens (tertiary/aromatic N) is 2. The molecule has 0 bridgehead atoms. The highest BCUT2D eigenvalue weighted by Crippen LogP contribution is 2.24. The Balaban J connectivity index is 1.45. The third-order valence-corrected chi connectivity index (χ3v) is 7.82. The van der Waals surface area contributed by atoms with Gasteiger partial charge in [-0.25, -0.2) is 8.42 Å². The van der Waals surface area contributed by atoms with E-state index in [1.807, 2.05) is 38.1 Å². The second kappa shape index (κ2) is 10.7. The van der Waals surface area contributed by atoms with Crippen molar-refractivity contribution in [2.24, 2.45) is 10.9 Å². The third kappa shape index (κ3) is 5.65. The SMILES string of the molecule is CC[C@H](C)[C@H](N=C1NS(=O)(=O)c2ccccc21)C(=O)Nc1ccc(CCN2CCOCC2)cc1. The van der Waals surface area contributed by atoms with Crippen molar-refractivity contribution in [2.75, 3.05) is 38.2 Å². The maximum Gasteiger partial charge on any atom is 0.263 e. The second-order valence-corrected chi connectivity index (χ2v) is 10.5. The Morgan fingerprint density at radius 3 is 2.56 bits per heavy atom. The molecule has 34 heavy (non-hydrogen) atoms. The minimum atomic E-state index is -3.66. The molecule has 8 nitrogen and oxygen atoms in total. The number of ether oxygens (including phenoxy) is 1. The Kier molecular flexibility index (Phi) is 7.65. The van der Waals surface area contributed by atoms with E-state index in [9.17, 15) is 13.2 Å². The summed E-state index contributed by atoms with van der Waals surface area (Å²) >= 11 is 0. The van der Waals surface area contributed by atoms with Crippen LogP contribution in [0.5, 0.6) is 0 Å². The molecule has 0 spiro atoms. The molecule has 0 saturated carbocycles. The standard InChI is InChI=1S/C25H32N4O4S/c1-3-18(2)23(27-24-21-6-4-5-7-22(21)34(31,32)28-24)25(30)26-20-10-8-19(9-11-20)12-13-29-14-16-33-17-15-29/h4-11,18,23H,3,12-17H2,1-2H3,(H,26,30)(H,27,28)/t18-,23-/m0/s1. The number of amidine groups is 1. The van der Waals surface area contributed by atoms with Gasteiger partial charge < -0.3 is 10.1 Å². The summed E-state index contributed by atoms with van der Waals surface area (Å²) in [6, 6.07) is 13.8. The van der Waals surface area contributed by atoms with E-state index in [1.54, 1.807) is 24.3 Å². The molecule has 0 aliphatic carbocycles. The lowest BCUT2D eigenvalue weighted by atomic mass is 9.98. The predicted octanol–water partition coefficient (Wildman–Crippen LogP) is 2.65. The van der Waals surface area contributed by atoms with Gasteiger partial charge in [0, 0.05) is 30.9 Å². The molecule has 2 atom stereocenters.